The van der Waals surface area contributed by atoms with E-state index >= 15 is 0 Å². The number of sulfone groups is 1. The number of hydrogen-bond acceptors (Lipinski definition) is 4. The smallest absolute Gasteiger partial charge is 0.152 e. The van der Waals surface area contributed by atoms with Gasteiger partial charge in [0.2, 0.25) is 0 Å². The van der Waals surface area contributed by atoms with Crippen LogP contribution in [0.1, 0.15) is 49.2 Å². The largest absolute Gasteiger partial charge is 0.316 e. The van der Waals surface area contributed by atoms with Crippen molar-refractivity contribution in [3.8, 4) is 0 Å². The molecule has 1 saturated heterocycles. The van der Waals surface area contributed by atoms with Crippen LogP contribution in [0.5, 0.6) is 0 Å². The van der Waals surface area contributed by atoms with Crippen LogP contribution in [0.25, 0.3) is 0 Å². The molecule has 2 heterocycles. The van der Waals surface area contributed by atoms with E-state index in [0.717, 1.165) is 24.5 Å². The Bertz CT molecular complexity index is 577. The number of nitrogens with one attached hydrogen (secondary N) is 1. The lowest BCUT2D eigenvalue weighted by Crippen LogP contribution is -2.20. The number of hydrogen-bond donors (Lipinski definition) is 1. The lowest BCUT2D eigenvalue weighted by atomic mass is 9.99. The zero-order valence-electron chi connectivity index (χ0n) is 12.8. The molecule has 2 rings (SSSR count). The normalized spacial score (nSPS) is 23.1. The van der Waals surface area contributed by atoms with Gasteiger partial charge in [0.1, 0.15) is 0 Å². The molecule has 1 N–H and O–H groups in total. The van der Waals surface area contributed by atoms with Crippen LogP contribution >= 0.6 is 0 Å². The van der Waals surface area contributed by atoms with Crippen molar-refractivity contribution in [1.82, 2.24) is 15.1 Å². The van der Waals surface area contributed by atoms with Crippen molar-refractivity contribution in [3.05, 3.63) is 17.0 Å². The Labute approximate surface area is 121 Å². The van der Waals surface area contributed by atoms with Crippen LogP contribution in [0.2, 0.25) is 0 Å². The van der Waals surface area contributed by atoms with Crippen molar-refractivity contribution in [3.63, 3.8) is 0 Å². The van der Waals surface area contributed by atoms with Crippen molar-refractivity contribution in [2.24, 2.45) is 0 Å². The predicted octanol–water partition coefficient (Wildman–Crippen LogP) is 1.57. The average molecular weight is 299 g/mol. The molecule has 1 aliphatic heterocycles. The predicted molar refractivity (Wildman–Crippen MR) is 81.0 cm³/mol. The van der Waals surface area contributed by atoms with E-state index in [9.17, 15) is 8.42 Å². The summed E-state index contributed by atoms with van der Waals surface area (Å²) in [5.74, 6) is 0.913. The van der Waals surface area contributed by atoms with Crippen LogP contribution in [0.4, 0.5) is 0 Å². The Morgan fingerprint density at radius 1 is 1.45 bits per heavy atom. The van der Waals surface area contributed by atoms with Gasteiger partial charge in [0.15, 0.2) is 9.84 Å². The van der Waals surface area contributed by atoms with Crippen molar-refractivity contribution in [1.29, 1.82) is 0 Å². The van der Waals surface area contributed by atoms with E-state index < -0.39 is 9.84 Å². The molecule has 1 aromatic rings. The molecule has 2 unspecified atom stereocenters. The molecule has 0 amide bonds. The van der Waals surface area contributed by atoms with Gasteiger partial charge in [-0.15, -0.1) is 0 Å². The van der Waals surface area contributed by atoms with E-state index in [4.69, 9.17) is 0 Å². The summed E-state index contributed by atoms with van der Waals surface area (Å²) < 4.78 is 25.2. The molecule has 0 radical (unpaired) electrons. The molecule has 114 valence electrons. The summed E-state index contributed by atoms with van der Waals surface area (Å²) in [6.45, 7) is 10.2. The van der Waals surface area contributed by atoms with Gasteiger partial charge in [0.25, 0.3) is 0 Å². The summed E-state index contributed by atoms with van der Waals surface area (Å²) in [6, 6.07) is 0.0128. The maximum Gasteiger partial charge on any atom is 0.152 e. The van der Waals surface area contributed by atoms with Crippen LogP contribution < -0.4 is 5.32 Å². The SMILES string of the molecule is CCNCC(C)c1c(C)nn(C2CCS(=O)(=O)C2)c1C. The first-order valence-electron chi connectivity index (χ1n) is 7.32. The second kappa shape index (κ2) is 5.85. The van der Waals surface area contributed by atoms with Crippen molar-refractivity contribution in [2.45, 2.75) is 46.1 Å². The van der Waals surface area contributed by atoms with E-state index in [1.807, 2.05) is 11.6 Å². The standard InChI is InChI=1S/C14H25N3O2S/c1-5-15-8-10(2)14-11(3)16-17(12(14)4)13-6-7-20(18,19)9-13/h10,13,15H,5-9H2,1-4H3. The molecule has 0 spiro atoms. The second-order valence-electron chi connectivity index (χ2n) is 5.79. The van der Waals surface area contributed by atoms with Gasteiger partial charge in [0, 0.05) is 17.8 Å². The fourth-order valence-corrected chi connectivity index (χ4v) is 4.87. The molecular formula is C14H25N3O2S. The number of likely N-dealkylation sites (N-methyl/N-ethyl adjacent to an activating group) is 1. The Morgan fingerprint density at radius 2 is 2.15 bits per heavy atom. The third-order valence-electron chi connectivity index (χ3n) is 4.13. The molecule has 6 heteroatoms. The van der Waals surface area contributed by atoms with Gasteiger partial charge < -0.3 is 5.32 Å². The number of nitrogens with zero attached hydrogens (tertiary/aromatic N) is 2. The molecular weight excluding hydrogens is 274 g/mol. The highest BCUT2D eigenvalue weighted by Crippen LogP contribution is 2.29. The van der Waals surface area contributed by atoms with Crippen LogP contribution in [0.3, 0.4) is 0 Å². The summed E-state index contributed by atoms with van der Waals surface area (Å²) in [5, 5.41) is 7.97. The van der Waals surface area contributed by atoms with Gasteiger partial charge in [-0.2, -0.15) is 5.10 Å². The topological polar surface area (TPSA) is 64.0 Å². The molecule has 1 aromatic heterocycles. The molecule has 2 atom stereocenters. The molecule has 0 aromatic carbocycles. The van der Waals surface area contributed by atoms with Gasteiger partial charge in [-0.25, -0.2) is 8.42 Å². The van der Waals surface area contributed by atoms with Gasteiger partial charge in [-0.1, -0.05) is 13.8 Å². The van der Waals surface area contributed by atoms with Crippen molar-refractivity contribution < 1.29 is 8.42 Å². The molecule has 0 saturated carbocycles. The highest BCUT2D eigenvalue weighted by Gasteiger charge is 2.31. The summed E-state index contributed by atoms with van der Waals surface area (Å²) >= 11 is 0. The Hall–Kier alpha value is -0.880. The quantitative estimate of drug-likeness (QED) is 0.896. The fourth-order valence-electron chi connectivity index (χ4n) is 3.18. The first-order valence-corrected chi connectivity index (χ1v) is 9.14. The lowest BCUT2D eigenvalue weighted by molar-refractivity contribution is 0.484. The summed E-state index contributed by atoms with van der Waals surface area (Å²) in [5.41, 5.74) is 3.41. The highest BCUT2D eigenvalue weighted by molar-refractivity contribution is 7.91. The molecule has 0 aliphatic carbocycles. The van der Waals surface area contributed by atoms with E-state index in [2.05, 4.69) is 31.2 Å². The number of aromatic nitrogens is 2. The Kier molecular flexibility index (Phi) is 4.54. The van der Waals surface area contributed by atoms with E-state index in [1.54, 1.807) is 0 Å². The van der Waals surface area contributed by atoms with Crippen LogP contribution in [-0.4, -0.2) is 42.8 Å². The van der Waals surface area contributed by atoms with E-state index in [0.29, 0.717) is 12.3 Å². The second-order valence-corrected chi connectivity index (χ2v) is 8.02. The Morgan fingerprint density at radius 3 is 2.70 bits per heavy atom. The molecule has 5 nitrogen and oxygen atoms in total. The van der Waals surface area contributed by atoms with Crippen LogP contribution in [0, 0.1) is 13.8 Å². The van der Waals surface area contributed by atoms with Gasteiger partial charge >= 0.3 is 0 Å². The Balaban J connectivity index is 2.25. The van der Waals surface area contributed by atoms with Gasteiger partial charge in [0.05, 0.1) is 23.2 Å². The summed E-state index contributed by atoms with van der Waals surface area (Å²) in [7, 11) is -2.87. The summed E-state index contributed by atoms with van der Waals surface area (Å²) in [6.07, 6.45) is 0.686. The number of aryl methyl sites for hydroxylation is 1. The maximum absolute atomic E-state index is 11.6. The fraction of sp³-hybridized carbons (Fsp3) is 0.786. The first kappa shape index (κ1) is 15.5. The third kappa shape index (κ3) is 3.06. The van der Waals surface area contributed by atoms with Crippen molar-refractivity contribution >= 4 is 9.84 Å². The first-order chi connectivity index (χ1) is 9.35. The van der Waals surface area contributed by atoms with Crippen LogP contribution in [0.15, 0.2) is 0 Å². The maximum atomic E-state index is 11.6. The van der Waals surface area contributed by atoms with Gasteiger partial charge in [-0.3, -0.25) is 4.68 Å². The molecule has 1 fully saturated rings. The summed E-state index contributed by atoms with van der Waals surface area (Å²) in [4.78, 5) is 0. The van der Waals surface area contributed by atoms with Crippen molar-refractivity contribution in [2.75, 3.05) is 24.6 Å². The minimum atomic E-state index is -2.87. The number of rotatable bonds is 5. The molecule has 1 aliphatic rings. The minimum absolute atomic E-state index is 0.0128. The average Bonchev–Trinajstić information content (AvgIpc) is 2.86. The monoisotopic (exact) mass is 299 g/mol. The van der Waals surface area contributed by atoms with E-state index in [1.165, 1.54) is 5.56 Å². The third-order valence-corrected chi connectivity index (χ3v) is 5.88. The zero-order chi connectivity index (χ0) is 14.9. The lowest BCUT2D eigenvalue weighted by Gasteiger charge is -2.15. The minimum Gasteiger partial charge on any atom is -0.316 e. The highest BCUT2D eigenvalue weighted by atomic mass is 32.2. The van der Waals surface area contributed by atoms with E-state index in [-0.39, 0.29) is 17.5 Å². The zero-order valence-corrected chi connectivity index (χ0v) is 13.6. The molecule has 0 bridgehead atoms. The van der Waals surface area contributed by atoms with Crippen LogP contribution in [-0.2, 0) is 9.84 Å². The molecule has 20 heavy (non-hydrogen) atoms. The van der Waals surface area contributed by atoms with Gasteiger partial charge in [-0.05, 0) is 32.7 Å².